The van der Waals surface area contributed by atoms with E-state index in [1.54, 1.807) is 12.1 Å². The zero-order valence-corrected chi connectivity index (χ0v) is 8.29. The van der Waals surface area contributed by atoms with Crippen LogP contribution in [-0.2, 0) is 5.75 Å². The van der Waals surface area contributed by atoms with Gasteiger partial charge in [0.2, 0.25) is 0 Å². The Morgan fingerprint density at radius 2 is 2.07 bits per heavy atom. The lowest BCUT2D eigenvalue weighted by atomic mass is 10.2. The summed E-state index contributed by atoms with van der Waals surface area (Å²) in [6, 6.07) is 9.36. The summed E-state index contributed by atoms with van der Waals surface area (Å²) in [4.78, 5) is 0. The van der Waals surface area contributed by atoms with Crippen LogP contribution >= 0.6 is 11.8 Å². The number of nitrogens with two attached hydrogens (primary N) is 2. The van der Waals surface area contributed by atoms with E-state index in [-0.39, 0.29) is 0 Å². The maximum Gasteiger partial charge on any atom is 0.177 e. The van der Waals surface area contributed by atoms with Crippen molar-refractivity contribution in [1.82, 2.24) is 0 Å². The molecule has 0 atom stereocenters. The number of amidine groups is 1. The van der Waals surface area contributed by atoms with Crippen molar-refractivity contribution in [2.24, 2.45) is 16.7 Å². The van der Waals surface area contributed by atoms with Gasteiger partial charge in [-0.25, -0.2) is 0 Å². The van der Waals surface area contributed by atoms with Crippen molar-refractivity contribution in [2.75, 3.05) is 0 Å². The minimum Gasteiger partial charge on any atom is -0.377 e. The first kappa shape index (κ1) is 10.4. The summed E-state index contributed by atoms with van der Waals surface area (Å²) in [7, 11) is 0. The maximum absolute atomic E-state index is 8.57. The van der Waals surface area contributed by atoms with Gasteiger partial charge in [0.05, 0.1) is 11.6 Å². The number of nitrogens with zero attached hydrogens (tertiary/aromatic N) is 2. The maximum atomic E-state index is 8.57. The molecule has 0 heterocycles. The molecule has 72 valence electrons. The number of rotatable bonds is 2. The molecule has 0 saturated heterocycles. The largest absolute Gasteiger partial charge is 0.377 e. The first-order chi connectivity index (χ1) is 6.76. The number of hydrazone groups is 1. The van der Waals surface area contributed by atoms with Gasteiger partial charge < -0.3 is 11.6 Å². The predicted octanol–water partition coefficient (Wildman–Crippen LogP) is 0.980. The summed E-state index contributed by atoms with van der Waals surface area (Å²) in [6.45, 7) is 0. The van der Waals surface area contributed by atoms with Crippen LogP contribution in [0.1, 0.15) is 11.1 Å². The van der Waals surface area contributed by atoms with Gasteiger partial charge in [-0.1, -0.05) is 23.9 Å². The Kier molecular flexibility index (Phi) is 3.83. The minimum absolute atomic E-state index is 0.356. The number of hydrogen-bond donors (Lipinski definition) is 2. The Balaban J connectivity index is 2.57. The van der Waals surface area contributed by atoms with Crippen molar-refractivity contribution in [3.8, 4) is 6.07 Å². The van der Waals surface area contributed by atoms with E-state index in [2.05, 4.69) is 11.2 Å². The Morgan fingerprint density at radius 1 is 1.43 bits per heavy atom. The fourth-order valence-electron chi connectivity index (χ4n) is 0.870. The first-order valence-electron chi connectivity index (χ1n) is 3.91. The van der Waals surface area contributed by atoms with Crippen LogP contribution in [0.5, 0.6) is 0 Å². The van der Waals surface area contributed by atoms with Crippen LogP contribution < -0.4 is 11.6 Å². The number of benzene rings is 1. The van der Waals surface area contributed by atoms with Crippen LogP contribution in [0.3, 0.4) is 0 Å². The number of thioether (sulfide) groups is 1. The van der Waals surface area contributed by atoms with Crippen molar-refractivity contribution in [1.29, 1.82) is 5.26 Å². The van der Waals surface area contributed by atoms with E-state index in [1.165, 1.54) is 11.8 Å². The van der Waals surface area contributed by atoms with Gasteiger partial charge in [0.15, 0.2) is 5.17 Å². The molecule has 0 spiro atoms. The number of hydrogen-bond acceptors (Lipinski definition) is 4. The van der Waals surface area contributed by atoms with Gasteiger partial charge in [0, 0.05) is 5.75 Å². The predicted molar refractivity (Wildman–Crippen MR) is 58.3 cm³/mol. The van der Waals surface area contributed by atoms with E-state index >= 15 is 0 Å². The van der Waals surface area contributed by atoms with Gasteiger partial charge in [0.1, 0.15) is 0 Å². The smallest absolute Gasteiger partial charge is 0.177 e. The average molecular weight is 206 g/mol. The molecular formula is C9H10N4S. The monoisotopic (exact) mass is 206 g/mol. The second-order valence-corrected chi connectivity index (χ2v) is 3.56. The van der Waals surface area contributed by atoms with Crippen LogP contribution in [-0.4, -0.2) is 5.17 Å². The van der Waals surface area contributed by atoms with E-state index in [0.717, 1.165) is 5.56 Å². The SMILES string of the molecule is N#Cc1ccc(CSC(N)=NN)cc1. The Bertz CT molecular complexity index is 363. The fourth-order valence-corrected chi connectivity index (χ4v) is 1.45. The molecule has 0 fully saturated rings. The second kappa shape index (κ2) is 5.14. The zero-order chi connectivity index (χ0) is 10.4. The third kappa shape index (κ3) is 2.99. The molecule has 1 aromatic rings. The molecule has 0 bridgehead atoms. The molecule has 14 heavy (non-hydrogen) atoms. The van der Waals surface area contributed by atoms with Crippen molar-refractivity contribution >= 4 is 16.9 Å². The van der Waals surface area contributed by atoms with E-state index in [4.69, 9.17) is 16.8 Å². The highest BCUT2D eigenvalue weighted by Gasteiger charge is 1.96. The summed E-state index contributed by atoms with van der Waals surface area (Å²) in [5.74, 6) is 5.69. The van der Waals surface area contributed by atoms with E-state index < -0.39 is 0 Å². The molecule has 0 unspecified atom stereocenters. The van der Waals surface area contributed by atoms with Crippen LogP contribution in [0.2, 0.25) is 0 Å². The third-order valence-electron chi connectivity index (χ3n) is 1.60. The molecule has 0 aliphatic heterocycles. The Morgan fingerprint density at radius 3 is 2.57 bits per heavy atom. The molecule has 0 aliphatic carbocycles. The molecule has 1 aromatic carbocycles. The van der Waals surface area contributed by atoms with Crippen LogP contribution in [0.4, 0.5) is 0 Å². The molecule has 1 rings (SSSR count). The zero-order valence-electron chi connectivity index (χ0n) is 7.47. The van der Waals surface area contributed by atoms with Crippen LogP contribution in [0.25, 0.3) is 0 Å². The summed E-state index contributed by atoms with van der Waals surface area (Å²) in [5, 5.41) is 12.3. The summed E-state index contributed by atoms with van der Waals surface area (Å²) < 4.78 is 0. The average Bonchev–Trinajstić information content (AvgIpc) is 2.26. The topological polar surface area (TPSA) is 88.2 Å². The fraction of sp³-hybridized carbons (Fsp3) is 0.111. The highest BCUT2D eigenvalue weighted by molar-refractivity contribution is 8.13. The molecule has 0 aliphatic rings. The Hall–Kier alpha value is -1.67. The van der Waals surface area contributed by atoms with Gasteiger partial charge in [-0.3, -0.25) is 0 Å². The minimum atomic E-state index is 0.356. The highest BCUT2D eigenvalue weighted by Crippen LogP contribution is 2.12. The van der Waals surface area contributed by atoms with Gasteiger partial charge >= 0.3 is 0 Å². The van der Waals surface area contributed by atoms with Gasteiger partial charge in [-0.15, -0.1) is 0 Å². The molecule has 0 aromatic heterocycles. The third-order valence-corrected chi connectivity index (χ3v) is 2.48. The van der Waals surface area contributed by atoms with Crippen LogP contribution in [0, 0.1) is 11.3 Å². The summed E-state index contributed by atoms with van der Waals surface area (Å²) >= 11 is 1.36. The van der Waals surface area contributed by atoms with Gasteiger partial charge in [-0.05, 0) is 17.7 Å². The van der Waals surface area contributed by atoms with Crippen LogP contribution in [0.15, 0.2) is 29.4 Å². The lowest BCUT2D eigenvalue weighted by Crippen LogP contribution is -2.09. The normalized spacial score (nSPS) is 10.9. The second-order valence-electron chi connectivity index (χ2n) is 2.56. The quantitative estimate of drug-likeness (QED) is 0.327. The van der Waals surface area contributed by atoms with Gasteiger partial charge in [0.25, 0.3) is 0 Å². The molecular weight excluding hydrogens is 196 g/mol. The van der Waals surface area contributed by atoms with E-state index in [1.807, 2.05) is 12.1 Å². The summed E-state index contributed by atoms with van der Waals surface area (Å²) in [6.07, 6.45) is 0. The standard InChI is InChI=1S/C9H10N4S/c10-5-7-1-3-8(4-2-7)6-14-9(11)13-12/h1-4H,6,12H2,(H2,11,13). The molecule has 5 heteroatoms. The molecule has 0 saturated carbocycles. The summed E-state index contributed by atoms with van der Waals surface area (Å²) in [5.41, 5.74) is 7.15. The molecule has 0 radical (unpaired) electrons. The highest BCUT2D eigenvalue weighted by atomic mass is 32.2. The molecule has 4 N–H and O–H groups in total. The van der Waals surface area contributed by atoms with Gasteiger partial charge in [-0.2, -0.15) is 10.4 Å². The van der Waals surface area contributed by atoms with Crippen molar-refractivity contribution in [3.63, 3.8) is 0 Å². The lowest BCUT2D eigenvalue weighted by molar-refractivity contribution is 1.25. The lowest BCUT2D eigenvalue weighted by Gasteiger charge is -1.99. The molecule has 0 amide bonds. The molecule has 4 nitrogen and oxygen atoms in total. The van der Waals surface area contributed by atoms with Crippen molar-refractivity contribution in [2.45, 2.75) is 5.75 Å². The van der Waals surface area contributed by atoms with E-state index in [9.17, 15) is 0 Å². The van der Waals surface area contributed by atoms with Crippen molar-refractivity contribution in [3.05, 3.63) is 35.4 Å². The Labute approximate surface area is 86.6 Å². The van der Waals surface area contributed by atoms with E-state index in [0.29, 0.717) is 16.5 Å². The first-order valence-corrected chi connectivity index (χ1v) is 4.90. The number of nitriles is 1. The van der Waals surface area contributed by atoms with Crippen molar-refractivity contribution < 1.29 is 0 Å².